The lowest BCUT2D eigenvalue weighted by atomic mass is 10.00. The normalized spacial score (nSPS) is 18.9. The number of benzene rings is 1. The molecule has 1 aromatic carbocycles. The predicted molar refractivity (Wildman–Crippen MR) is 124 cm³/mol. The largest absolute Gasteiger partial charge is 0.444 e. The van der Waals surface area contributed by atoms with Crippen molar-refractivity contribution in [1.82, 2.24) is 9.88 Å². The molecule has 1 saturated heterocycles. The van der Waals surface area contributed by atoms with E-state index in [1.807, 2.05) is 37.2 Å². The number of nitrogens with zero attached hydrogens (tertiary/aromatic N) is 2. The number of nitrogens with two attached hydrogens (primary N) is 1. The van der Waals surface area contributed by atoms with Crippen LogP contribution in [0.2, 0.25) is 0 Å². The molecule has 0 bridgehead atoms. The summed E-state index contributed by atoms with van der Waals surface area (Å²) in [6, 6.07) is 3.40. The van der Waals surface area contributed by atoms with E-state index in [4.69, 9.17) is 10.5 Å². The molecule has 2 heterocycles. The number of carbonyl (C=O) groups is 1. The van der Waals surface area contributed by atoms with Gasteiger partial charge in [0.05, 0.1) is 11.2 Å². The standard InChI is InChI=1S/C24H33FN4O3/c1-14-21-17(7-8-19(30)29(21)16-5-6-16)18(11-26)20(25)22(14)28-10-9-15(13-28)12-27-23(31)32-24(2,3)4/h7-8,15-16H,5-6,9-13,26H2,1-4H3,(H,27,31). The Morgan fingerprint density at radius 3 is 2.62 bits per heavy atom. The zero-order valence-corrected chi connectivity index (χ0v) is 19.3. The third-order valence-corrected chi connectivity index (χ3v) is 6.29. The molecule has 0 radical (unpaired) electrons. The van der Waals surface area contributed by atoms with Gasteiger partial charge in [0.2, 0.25) is 0 Å². The van der Waals surface area contributed by atoms with Crippen molar-refractivity contribution in [3.8, 4) is 0 Å². The van der Waals surface area contributed by atoms with Gasteiger partial charge in [0.15, 0.2) is 5.82 Å². The minimum atomic E-state index is -0.549. The lowest BCUT2D eigenvalue weighted by Gasteiger charge is -2.26. The summed E-state index contributed by atoms with van der Waals surface area (Å²) in [5, 5.41) is 3.55. The van der Waals surface area contributed by atoms with Crippen LogP contribution in [0.5, 0.6) is 0 Å². The summed E-state index contributed by atoms with van der Waals surface area (Å²) in [6.45, 7) is 9.19. The Morgan fingerprint density at radius 2 is 2.00 bits per heavy atom. The molecule has 2 aromatic rings. The molecular weight excluding hydrogens is 411 g/mol. The van der Waals surface area contributed by atoms with Crippen molar-refractivity contribution in [3.63, 3.8) is 0 Å². The Balaban J connectivity index is 1.63. The molecule has 2 fully saturated rings. The van der Waals surface area contributed by atoms with E-state index in [1.165, 1.54) is 6.07 Å². The molecule has 1 amide bonds. The van der Waals surface area contributed by atoms with Crippen LogP contribution in [0.3, 0.4) is 0 Å². The smallest absolute Gasteiger partial charge is 0.407 e. The summed E-state index contributed by atoms with van der Waals surface area (Å²) >= 11 is 0. The highest BCUT2D eigenvalue weighted by atomic mass is 19.1. The first-order valence-electron chi connectivity index (χ1n) is 11.4. The molecule has 1 aliphatic heterocycles. The summed E-state index contributed by atoms with van der Waals surface area (Å²) in [7, 11) is 0. The van der Waals surface area contributed by atoms with Crippen LogP contribution in [0.15, 0.2) is 16.9 Å². The number of aromatic nitrogens is 1. The third-order valence-electron chi connectivity index (χ3n) is 6.29. The molecule has 0 spiro atoms. The maximum Gasteiger partial charge on any atom is 0.407 e. The second-order valence-electron chi connectivity index (χ2n) is 9.99. The van der Waals surface area contributed by atoms with E-state index in [-0.39, 0.29) is 29.9 Å². The minimum Gasteiger partial charge on any atom is -0.444 e. The number of amides is 1. The van der Waals surface area contributed by atoms with E-state index < -0.39 is 11.7 Å². The van der Waals surface area contributed by atoms with Crippen LogP contribution in [-0.2, 0) is 11.3 Å². The molecular formula is C24H33FN4O3. The number of hydrogen-bond donors (Lipinski definition) is 2. The number of halogens is 1. The number of ether oxygens (including phenoxy) is 1. The molecule has 1 saturated carbocycles. The van der Waals surface area contributed by atoms with Gasteiger partial charge in [-0.1, -0.05) is 0 Å². The molecule has 174 valence electrons. The first kappa shape index (κ1) is 22.6. The summed E-state index contributed by atoms with van der Waals surface area (Å²) in [6.07, 6.45) is 2.31. The Labute approximate surface area is 187 Å². The Morgan fingerprint density at radius 1 is 1.28 bits per heavy atom. The zero-order valence-electron chi connectivity index (χ0n) is 19.3. The van der Waals surface area contributed by atoms with Crippen molar-refractivity contribution in [2.45, 2.75) is 65.1 Å². The lowest BCUT2D eigenvalue weighted by molar-refractivity contribution is 0.0520. The molecule has 32 heavy (non-hydrogen) atoms. The third kappa shape index (κ3) is 4.33. The van der Waals surface area contributed by atoms with Crippen LogP contribution in [0, 0.1) is 18.7 Å². The van der Waals surface area contributed by atoms with Gasteiger partial charge in [0, 0.05) is 49.2 Å². The summed E-state index contributed by atoms with van der Waals surface area (Å²) in [4.78, 5) is 26.7. The van der Waals surface area contributed by atoms with Crippen molar-refractivity contribution in [1.29, 1.82) is 0 Å². The number of pyridine rings is 1. The fourth-order valence-corrected chi connectivity index (χ4v) is 4.73. The van der Waals surface area contributed by atoms with Gasteiger partial charge in [-0.2, -0.15) is 0 Å². The zero-order chi connectivity index (χ0) is 23.2. The van der Waals surface area contributed by atoms with Crippen LogP contribution < -0.4 is 21.5 Å². The monoisotopic (exact) mass is 444 g/mol. The molecule has 3 N–H and O–H groups in total. The van der Waals surface area contributed by atoms with Crippen LogP contribution in [0.25, 0.3) is 10.9 Å². The number of alkyl carbamates (subject to hydrolysis) is 1. The highest BCUT2D eigenvalue weighted by Gasteiger charge is 2.32. The molecule has 2 aliphatic rings. The van der Waals surface area contributed by atoms with Crippen molar-refractivity contribution in [2.24, 2.45) is 11.7 Å². The number of nitrogens with one attached hydrogen (secondary N) is 1. The van der Waals surface area contributed by atoms with Crippen LogP contribution in [-0.4, -0.2) is 35.9 Å². The number of aryl methyl sites for hydroxylation is 1. The second kappa shape index (κ2) is 8.39. The fraction of sp³-hybridized carbons (Fsp3) is 0.583. The van der Waals surface area contributed by atoms with Gasteiger partial charge in [0.1, 0.15) is 5.60 Å². The Bertz CT molecular complexity index is 1100. The maximum absolute atomic E-state index is 15.7. The molecule has 7 nitrogen and oxygen atoms in total. The van der Waals surface area contributed by atoms with Gasteiger partial charge in [-0.25, -0.2) is 9.18 Å². The topological polar surface area (TPSA) is 89.6 Å². The number of fused-ring (bicyclic) bond motifs is 1. The maximum atomic E-state index is 15.7. The van der Waals surface area contributed by atoms with Gasteiger partial charge >= 0.3 is 6.09 Å². The van der Waals surface area contributed by atoms with E-state index in [2.05, 4.69) is 5.32 Å². The second-order valence-corrected chi connectivity index (χ2v) is 9.99. The van der Waals surface area contributed by atoms with Crippen LogP contribution in [0.1, 0.15) is 57.2 Å². The number of anilines is 1. The number of hydrogen-bond acceptors (Lipinski definition) is 5. The van der Waals surface area contributed by atoms with Crippen molar-refractivity contribution in [3.05, 3.63) is 39.4 Å². The molecule has 8 heteroatoms. The van der Waals surface area contributed by atoms with Crippen molar-refractivity contribution < 1.29 is 13.9 Å². The Kier molecular flexibility index (Phi) is 5.92. The van der Waals surface area contributed by atoms with Gasteiger partial charge in [-0.05, 0) is 64.5 Å². The van der Waals surface area contributed by atoms with Crippen molar-refractivity contribution in [2.75, 3.05) is 24.5 Å². The van der Waals surface area contributed by atoms with E-state index in [0.717, 1.165) is 35.7 Å². The molecule has 1 aromatic heterocycles. The van der Waals surface area contributed by atoms with Gasteiger partial charge < -0.3 is 25.3 Å². The predicted octanol–water partition coefficient (Wildman–Crippen LogP) is 3.59. The average Bonchev–Trinajstić information content (AvgIpc) is 3.44. The molecule has 4 rings (SSSR count). The number of carbonyl (C=O) groups excluding carboxylic acids is 1. The first-order chi connectivity index (χ1) is 15.1. The summed E-state index contributed by atoms with van der Waals surface area (Å²) in [5.74, 6) is -0.126. The quantitative estimate of drug-likeness (QED) is 0.736. The van der Waals surface area contributed by atoms with Crippen LogP contribution in [0.4, 0.5) is 14.9 Å². The summed E-state index contributed by atoms with van der Waals surface area (Å²) in [5.41, 5.74) is 7.92. The van der Waals surface area contributed by atoms with E-state index in [0.29, 0.717) is 30.9 Å². The average molecular weight is 445 g/mol. The highest BCUT2D eigenvalue weighted by Crippen LogP contribution is 2.41. The van der Waals surface area contributed by atoms with E-state index in [9.17, 15) is 9.59 Å². The van der Waals surface area contributed by atoms with Gasteiger partial charge in [-0.15, -0.1) is 0 Å². The molecule has 1 unspecified atom stereocenters. The molecule has 1 atom stereocenters. The minimum absolute atomic E-state index is 0.0514. The van der Waals surface area contributed by atoms with E-state index >= 15 is 4.39 Å². The summed E-state index contributed by atoms with van der Waals surface area (Å²) < 4.78 is 22.8. The number of rotatable bonds is 5. The van der Waals surface area contributed by atoms with Gasteiger partial charge in [0.25, 0.3) is 5.56 Å². The first-order valence-corrected chi connectivity index (χ1v) is 11.4. The SMILES string of the molecule is Cc1c(N2CCC(CNC(=O)OC(C)(C)C)C2)c(F)c(CN)c2ccc(=O)n(C3CC3)c12. The van der Waals surface area contributed by atoms with E-state index in [1.54, 1.807) is 6.07 Å². The highest BCUT2D eigenvalue weighted by molar-refractivity contribution is 5.91. The Hall–Kier alpha value is -2.61. The lowest BCUT2D eigenvalue weighted by Crippen LogP contribution is -2.36. The van der Waals surface area contributed by atoms with Gasteiger partial charge in [-0.3, -0.25) is 4.79 Å². The van der Waals surface area contributed by atoms with Crippen molar-refractivity contribution >= 4 is 22.7 Å². The molecule has 1 aliphatic carbocycles. The van der Waals surface area contributed by atoms with Crippen LogP contribution >= 0.6 is 0 Å². The fourth-order valence-electron chi connectivity index (χ4n) is 4.73.